The van der Waals surface area contributed by atoms with Crippen LogP contribution in [0.25, 0.3) is 10.9 Å². The number of aromatic nitrogens is 2. The lowest BCUT2D eigenvalue weighted by atomic mass is 10.1. The highest BCUT2D eigenvalue weighted by Gasteiger charge is 2.23. The fraction of sp³-hybridized carbons (Fsp3) is 0.167. The molecule has 4 rings (SSSR count). The molecule has 2 aromatic carbocycles. The summed E-state index contributed by atoms with van der Waals surface area (Å²) in [5, 5.41) is 10.6. The van der Waals surface area contributed by atoms with E-state index >= 15 is 0 Å². The van der Waals surface area contributed by atoms with Crippen LogP contribution in [-0.4, -0.2) is 35.3 Å². The number of para-hydroxylation sites is 1. The van der Waals surface area contributed by atoms with Crippen LogP contribution in [0.4, 0.5) is 10.5 Å². The van der Waals surface area contributed by atoms with Gasteiger partial charge in [-0.05, 0) is 23.8 Å². The van der Waals surface area contributed by atoms with Crippen molar-refractivity contribution in [2.24, 2.45) is 0 Å². The molecule has 1 fully saturated rings. The first-order chi connectivity index (χ1) is 12.2. The van der Waals surface area contributed by atoms with Gasteiger partial charge in [-0.25, -0.2) is 4.79 Å². The predicted octanol–water partition coefficient (Wildman–Crippen LogP) is 2.45. The summed E-state index contributed by atoms with van der Waals surface area (Å²) in [7, 11) is 0. The third-order valence-electron chi connectivity index (χ3n) is 4.12. The summed E-state index contributed by atoms with van der Waals surface area (Å²) >= 11 is 0. The normalized spacial score (nSPS) is 13.9. The van der Waals surface area contributed by atoms with Crippen molar-refractivity contribution in [3.05, 3.63) is 59.8 Å². The first kappa shape index (κ1) is 15.2. The number of fused-ring (bicyclic) bond motifs is 1. The van der Waals surface area contributed by atoms with Gasteiger partial charge in [0.2, 0.25) is 0 Å². The predicted molar refractivity (Wildman–Crippen MR) is 92.4 cm³/mol. The van der Waals surface area contributed by atoms with Crippen molar-refractivity contribution in [3.8, 4) is 0 Å². The minimum atomic E-state index is -0.343. The number of H-pyrrole nitrogens is 1. The molecule has 2 N–H and O–H groups in total. The number of aromatic amines is 1. The Morgan fingerprint density at radius 3 is 2.96 bits per heavy atom. The zero-order valence-electron chi connectivity index (χ0n) is 13.4. The van der Waals surface area contributed by atoms with E-state index in [9.17, 15) is 9.59 Å². The fourth-order valence-electron chi connectivity index (χ4n) is 2.86. The second-order valence-electron chi connectivity index (χ2n) is 5.74. The number of rotatable bonds is 4. The lowest BCUT2D eigenvalue weighted by Gasteiger charge is -2.14. The zero-order chi connectivity index (χ0) is 17.2. The highest BCUT2D eigenvalue weighted by Crippen LogP contribution is 2.20. The van der Waals surface area contributed by atoms with Crippen molar-refractivity contribution >= 4 is 28.6 Å². The summed E-state index contributed by atoms with van der Waals surface area (Å²) in [5.41, 5.74) is 2.85. The van der Waals surface area contributed by atoms with Crippen LogP contribution in [0.2, 0.25) is 0 Å². The molecule has 1 aromatic heterocycles. The van der Waals surface area contributed by atoms with Gasteiger partial charge < -0.3 is 10.1 Å². The van der Waals surface area contributed by atoms with Crippen molar-refractivity contribution in [1.82, 2.24) is 15.5 Å². The molecule has 0 aliphatic carbocycles. The zero-order valence-corrected chi connectivity index (χ0v) is 13.4. The number of amides is 2. The molecular weight excluding hydrogens is 320 g/mol. The lowest BCUT2D eigenvalue weighted by molar-refractivity contribution is 0.0947. The topological polar surface area (TPSA) is 87.3 Å². The SMILES string of the molecule is O=C(NCc1cccc(N2CCOC2=O)c1)c1n[nH]c2ccccc12. The Balaban J connectivity index is 1.48. The molecule has 2 amide bonds. The highest BCUT2D eigenvalue weighted by molar-refractivity contribution is 6.04. The van der Waals surface area contributed by atoms with Crippen LogP contribution in [0, 0.1) is 0 Å². The molecule has 1 aliphatic heterocycles. The van der Waals surface area contributed by atoms with Gasteiger partial charge >= 0.3 is 6.09 Å². The number of hydrogen-bond acceptors (Lipinski definition) is 4. The molecule has 25 heavy (non-hydrogen) atoms. The van der Waals surface area contributed by atoms with E-state index in [4.69, 9.17) is 4.74 Å². The van der Waals surface area contributed by atoms with Gasteiger partial charge in [0, 0.05) is 17.6 Å². The summed E-state index contributed by atoms with van der Waals surface area (Å²) in [6.45, 7) is 1.27. The molecule has 2 heterocycles. The average Bonchev–Trinajstić information content (AvgIpc) is 3.26. The first-order valence-electron chi connectivity index (χ1n) is 7.97. The van der Waals surface area contributed by atoms with E-state index in [0.29, 0.717) is 25.4 Å². The Labute approximate surface area is 143 Å². The molecule has 1 saturated heterocycles. The van der Waals surface area contributed by atoms with Gasteiger partial charge in [0.25, 0.3) is 5.91 Å². The van der Waals surface area contributed by atoms with Gasteiger partial charge in [-0.1, -0.05) is 30.3 Å². The van der Waals surface area contributed by atoms with Crippen LogP contribution in [0.3, 0.4) is 0 Å². The molecule has 0 saturated carbocycles. The smallest absolute Gasteiger partial charge is 0.414 e. The van der Waals surface area contributed by atoms with E-state index < -0.39 is 0 Å². The van der Waals surface area contributed by atoms with Crippen LogP contribution in [0.15, 0.2) is 48.5 Å². The average molecular weight is 336 g/mol. The second-order valence-corrected chi connectivity index (χ2v) is 5.74. The summed E-state index contributed by atoms with van der Waals surface area (Å²) in [5.74, 6) is -0.247. The number of anilines is 1. The molecule has 7 nitrogen and oxygen atoms in total. The van der Waals surface area contributed by atoms with Gasteiger partial charge in [0.05, 0.1) is 12.1 Å². The summed E-state index contributed by atoms with van der Waals surface area (Å²) in [6.07, 6.45) is -0.343. The maximum absolute atomic E-state index is 12.4. The van der Waals surface area contributed by atoms with Gasteiger partial charge in [-0.15, -0.1) is 0 Å². The van der Waals surface area contributed by atoms with Crippen molar-refractivity contribution in [1.29, 1.82) is 0 Å². The Kier molecular flexibility index (Phi) is 3.81. The number of carbonyl (C=O) groups excluding carboxylic acids is 2. The first-order valence-corrected chi connectivity index (χ1v) is 7.97. The Morgan fingerprint density at radius 1 is 1.24 bits per heavy atom. The van der Waals surface area contributed by atoms with Crippen LogP contribution < -0.4 is 10.2 Å². The molecule has 0 unspecified atom stereocenters. The molecule has 3 aromatic rings. The van der Waals surface area contributed by atoms with Crippen LogP contribution in [-0.2, 0) is 11.3 Å². The molecule has 1 aliphatic rings. The Hall–Kier alpha value is -3.35. The molecule has 0 bridgehead atoms. The maximum Gasteiger partial charge on any atom is 0.414 e. The van der Waals surface area contributed by atoms with E-state index in [-0.39, 0.29) is 12.0 Å². The third-order valence-corrected chi connectivity index (χ3v) is 4.12. The molecular formula is C18H16N4O3. The monoisotopic (exact) mass is 336 g/mol. The molecule has 0 atom stereocenters. The third kappa shape index (κ3) is 2.91. The molecule has 0 radical (unpaired) electrons. The fourth-order valence-corrected chi connectivity index (χ4v) is 2.86. The second kappa shape index (κ2) is 6.27. The Morgan fingerprint density at radius 2 is 2.12 bits per heavy atom. The van der Waals surface area contributed by atoms with E-state index in [1.807, 2.05) is 48.5 Å². The van der Waals surface area contributed by atoms with Crippen molar-refractivity contribution < 1.29 is 14.3 Å². The maximum atomic E-state index is 12.4. The standard InChI is InChI=1S/C18H16N4O3/c23-17(16-14-6-1-2-7-15(14)20-21-16)19-11-12-4-3-5-13(10-12)22-8-9-25-18(22)24/h1-7,10H,8-9,11H2,(H,19,23)(H,20,21). The minimum absolute atomic E-state index is 0.247. The molecule has 0 spiro atoms. The summed E-state index contributed by atoms with van der Waals surface area (Å²) in [4.78, 5) is 25.6. The summed E-state index contributed by atoms with van der Waals surface area (Å²) in [6, 6.07) is 14.9. The van der Waals surface area contributed by atoms with Crippen molar-refractivity contribution in [3.63, 3.8) is 0 Å². The largest absolute Gasteiger partial charge is 0.447 e. The van der Waals surface area contributed by atoms with E-state index in [0.717, 1.165) is 22.2 Å². The summed E-state index contributed by atoms with van der Waals surface area (Å²) < 4.78 is 4.95. The van der Waals surface area contributed by atoms with Crippen LogP contribution >= 0.6 is 0 Å². The number of hydrogen-bond donors (Lipinski definition) is 2. The number of nitrogens with one attached hydrogen (secondary N) is 2. The van der Waals surface area contributed by atoms with Crippen molar-refractivity contribution in [2.45, 2.75) is 6.54 Å². The van der Waals surface area contributed by atoms with Crippen molar-refractivity contribution in [2.75, 3.05) is 18.1 Å². The number of cyclic esters (lactones) is 1. The van der Waals surface area contributed by atoms with E-state index in [2.05, 4.69) is 15.5 Å². The van der Waals surface area contributed by atoms with Gasteiger partial charge in [0.15, 0.2) is 5.69 Å². The highest BCUT2D eigenvalue weighted by atomic mass is 16.6. The Bertz CT molecular complexity index is 950. The number of ether oxygens (including phenoxy) is 1. The van der Waals surface area contributed by atoms with E-state index in [1.54, 1.807) is 4.90 Å². The van der Waals surface area contributed by atoms with Gasteiger partial charge in [-0.2, -0.15) is 5.10 Å². The number of nitrogens with zero attached hydrogens (tertiary/aromatic N) is 2. The van der Waals surface area contributed by atoms with E-state index in [1.165, 1.54) is 0 Å². The number of carbonyl (C=O) groups is 2. The van der Waals surface area contributed by atoms with Crippen LogP contribution in [0.5, 0.6) is 0 Å². The quantitative estimate of drug-likeness (QED) is 0.766. The minimum Gasteiger partial charge on any atom is -0.447 e. The van der Waals surface area contributed by atoms with Crippen LogP contribution in [0.1, 0.15) is 16.1 Å². The molecule has 7 heteroatoms. The lowest BCUT2D eigenvalue weighted by Crippen LogP contribution is -2.25. The number of benzene rings is 2. The van der Waals surface area contributed by atoms with Gasteiger partial charge in [-0.3, -0.25) is 14.8 Å². The van der Waals surface area contributed by atoms with Gasteiger partial charge in [0.1, 0.15) is 6.61 Å². The molecule has 126 valence electrons.